The maximum Gasteiger partial charge on any atom is 0.220 e. The number of halogens is 1. The van der Waals surface area contributed by atoms with E-state index in [1.54, 1.807) is 7.05 Å². The van der Waals surface area contributed by atoms with Crippen molar-refractivity contribution in [3.8, 4) is 0 Å². The first-order valence-electron chi connectivity index (χ1n) is 8.43. The molecule has 1 aliphatic carbocycles. The molecule has 3 N–H and O–H groups in total. The van der Waals surface area contributed by atoms with E-state index in [9.17, 15) is 13.2 Å². The number of hydrogen-bond acceptors (Lipinski definition) is 4. The zero-order valence-electron chi connectivity index (χ0n) is 14.2. The number of guanidine groups is 1. The second-order valence-corrected chi connectivity index (χ2v) is 8.68. The number of sulfone groups is 1. The van der Waals surface area contributed by atoms with Crippen LogP contribution in [0, 0.1) is 5.92 Å². The van der Waals surface area contributed by atoms with Crippen LogP contribution >= 0.6 is 24.0 Å². The zero-order chi connectivity index (χ0) is 16.7. The Labute approximate surface area is 161 Å². The van der Waals surface area contributed by atoms with Gasteiger partial charge < -0.3 is 16.0 Å². The van der Waals surface area contributed by atoms with Crippen LogP contribution in [0.4, 0.5) is 0 Å². The van der Waals surface area contributed by atoms with E-state index in [0.29, 0.717) is 37.8 Å². The van der Waals surface area contributed by atoms with Crippen LogP contribution in [0.15, 0.2) is 4.99 Å². The Kier molecular flexibility index (Phi) is 9.32. The van der Waals surface area contributed by atoms with Crippen molar-refractivity contribution in [2.75, 3.05) is 31.6 Å². The molecule has 1 saturated heterocycles. The fraction of sp³-hybridized carbons (Fsp3) is 0.867. The molecule has 140 valence electrons. The SMILES string of the molecule is CN=C(NCCNC(=O)CC1CCCC1)NC1CCS(=O)(=O)C1.I. The van der Waals surface area contributed by atoms with Crippen molar-refractivity contribution in [2.24, 2.45) is 10.9 Å². The average Bonchev–Trinajstić information content (AvgIpc) is 3.11. The Morgan fingerprint density at radius 1 is 1.12 bits per heavy atom. The van der Waals surface area contributed by atoms with Crippen LogP contribution in [0.25, 0.3) is 0 Å². The molecule has 0 radical (unpaired) electrons. The molecule has 9 heteroatoms. The predicted octanol–water partition coefficient (Wildman–Crippen LogP) is 0.653. The number of nitrogens with zero attached hydrogens (tertiary/aromatic N) is 1. The smallest absolute Gasteiger partial charge is 0.220 e. The second-order valence-electron chi connectivity index (χ2n) is 6.45. The van der Waals surface area contributed by atoms with Crippen molar-refractivity contribution in [2.45, 2.75) is 44.6 Å². The van der Waals surface area contributed by atoms with Crippen molar-refractivity contribution in [1.82, 2.24) is 16.0 Å². The molecular weight excluding hydrogens is 443 g/mol. The maximum atomic E-state index is 11.8. The Balaban J connectivity index is 0.00000288. The first-order valence-corrected chi connectivity index (χ1v) is 10.2. The fourth-order valence-corrected chi connectivity index (χ4v) is 4.90. The number of carbonyl (C=O) groups is 1. The summed E-state index contributed by atoms with van der Waals surface area (Å²) in [4.78, 5) is 15.9. The Morgan fingerprint density at radius 2 is 1.79 bits per heavy atom. The molecule has 0 aromatic carbocycles. The van der Waals surface area contributed by atoms with Gasteiger partial charge in [0.25, 0.3) is 0 Å². The highest BCUT2D eigenvalue weighted by molar-refractivity contribution is 14.0. The molecule has 0 aromatic rings. The third-order valence-corrected chi connectivity index (χ3v) is 6.25. The summed E-state index contributed by atoms with van der Waals surface area (Å²) < 4.78 is 22.9. The van der Waals surface area contributed by atoms with Crippen LogP contribution in [0.1, 0.15) is 38.5 Å². The van der Waals surface area contributed by atoms with E-state index in [1.165, 1.54) is 25.7 Å². The molecule has 24 heavy (non-hydrogen) atoms. The van der Waals surface area contributed by atoms with Gasteiger partial charge in [0.2, 0.25) is 5.91 Å². The van der Waals surface area contributed by atoms with E-state index in [1.807, 2.05) is 0 Å². The van der Waals surface area contributed by atoms with Crippen LogP contribution in [0.2, 0.25) is 0 Å². The van der Waals surface area contributed by atoms with Gasteiger partial charge in [0, 0.05) is 32.6 Å². The predicted molar refractivity (Wildman–Crippen MR) is 107 cm³/mol. The number of hydrogen-bond donors (Lipinski definition) is 3. The highest BCUT2D eigenvalue weighted by atomic mass is 127. The van der Waals surface area contributed by atoms with E-state index >= 15 is 0 Å². The zero-order valence-corrected chi connectivity index (χ0v) is 17.4. The summed E-state index contributed by atoms with van der Waals surface area (Å²) in [5, 5.41) is 9.13. The van der Waals surface area contributed by atoms with E-state index in [-0.39, 0.29) is 47.4 Å². The van der Waals surface area contributed by atoms with Gasteiger partial charge >= 0.3 is 0 Å². The molecule has 0 aromatic heterocycles. The lowest BCUT2D eigenvalue weighted by Crippen LogP contribution is -2.46. The van der Waals surface area contributed by atoms with Crippen molar-refractivity contribution >= 4 is 45.7 Å². The molecule has 1 atom stereocenters. The molecule has 1 amide bonds. The van der Waals surface area contributed by atoms with Gasteiger partial charge in [-0.2, -0.15) is 0 Å². The highest BCUT2D eigenvalue weighted by Crippen LogP contribution is 2.27. The number of amides is 1. The van der Waals surface area contributed by atoms with Crippen molar-refractivity contribution in [1.29, 1.82) is 0 Å². The summed E-state index contributed by atoms with van der Waals surface area (Å²) in [6, 6.07) is -0.0804. The minimum Gasteiger partial charge on any atom is -0.355 e. The van der Waals surface area contributed by atoms with Crippen molar-refractivity contribution in [3.63, 3.8) is 0 Å². The third-order valence-electron chi connectivity index (χ3n) is 4.49. The van der Waals surface area contributed by atoms with Gasteiger partial charge in [0.1, 0.15) is 0 Å². The average molecular weight is 472 g/mol. The van der Waals surface area contributed by atoms with Crippen LogP contribution in [0.5, 0.6) is 0 Å². The quantitative estimate of drug-likeness (QED) is 0.228. The summed E-state index contributed by atoms with van der Waals surface area (Å²) in [7, 11) is -1.25. The Bertz CT molecular complexity index is 533. The monoisotopic (exact) mass is 472 g/mol. The van der Waals surface area contributed by atoms with Gasteiger partial charge in [0.05, 0.1) is 11.5 Å². The standard InChI is InChI=1S/C15H28N4O3S.HI/c1-16-15(19-13-6-9-23(21,22)11-13)18-8-7-17-14(20)10-12-4-2-3-5-12;/h12-13H,2-11H2,1H3,(H,17,20)(H2,16,18,19);1H. The number of carbonyl (C=O) groups excluding carboxylic acids is 1. The Hall–Kier alpha value is -0.580. The molecule has 2 aliphatic rings. The fourth-order valence-electron chi connectivity index (χ4n) is 3.23. The molecule has 7 nitrogen and oxygen atoms in total. The van der Waals surface area contributed by atoms with E-state index < -0.39 is 9.84 Å². The lowest BCUT2D eigenvalue weighted by atomic mass is 10.0. The topological polar surface area (TPSA) is 99.7 Å². The van der Waals surface area contributed by atoms with Crippen molar-refractivity contribution in [3.05, 3.63) is 0 Å². The molecule has 1 saturated carbocycles. The molecule has 1 unspecified atom stereocenters. The summed E-state index contributed by atoms with van der Waals surface area (Å²) in [5.41, 5.74) is 0. The van der Waals surface area contributed by atoms with Crippen molar-refractivity contribution < 1.29 is 13.2 Å². The molecule has 0 spiro atoms. The first-order chi connectivity index (χ1) is 11.0. The number of rotatable bonds is 6. The van der Waals surface area contributed by atoms with E-state index in [2.05, 4.69) is 20.9 Å². The van der Waals surface area contributed by atoms with Crippen LogP contribution in [0.3, 0.4) is 0 Å². The largest absolute Gasteiger partial charge is 0.355 e. The lowest BCUT2D eigenvalue weighted by Gasteiger charge is -2.16. The lowest BCUT2D eigenvalue weighted by molar-refractivity contribution is -0.121. The number of aliphatic imine (C=N–C) groups is 1. The second kappa shape index (κ2) is 10.4. The van der Waals surface area contributed by atoms with Gasteiger partial charge in [-0.3, -0.25) is 9.79 Å². The van der Waals surface area contributed by atoms with Gasteiger partial charge in [0.15, 0.2) is 15.8 Å². The first kappa shape index (κ1) is 21.5. The molecule has 2 fully saturated rings. The normalized spacial score (nSPS) is 23.5. The minimum atomic E-state index is -2.90. The highest BCUT2D eigenvalue weighted by Gasteiger charge is 2.28. The summed E-state index contributed by atoms with van der Waals surface area (Å²) in [6.45, 7) is 1.10. The Morgan fingerprint density at radius 3 is 2.38 bits per heavy atom. The molecule has 1 heterocycles. The molecule has 2 rings (SSSR count). The van der Waals surface area contributed by atoms with Gasteiger partial charge in [-0.05, 0) is 25.2 Å². The summed E-state index contributed by atoms with van der Waals surface area (Å²) in [5.74, 6) is 1.65. The number of nitrogens with one attached hydrogen (secondary N) is 3. The molecule has 0 bridgehead atoms. The van der Waals surface area contributed by atoms with Gasteiger partial charge in [-0.1, -0.05) is 12.8 Å². The minimum absolute atomic E-state index is 0. The van der Waals surface area contributed by atoms with Crippen LogP contribution < -0.4 is 16.0 Å². The van der Waals surface area contributed by atoms with Crippen LogP contribution in [-0.4, -0.2) is 58.0 Å². The maximum absolute atomic E-state index is 11.8. The summed E-state index contributed by atoms with van der Waals surface area (Å²) >= 11 is 0. The summed E-state index contributed by atoms with van der Waals surface area (Å²) in [6.07, 6.45) is 6.09. The molecule has 1 aliphatic heterocycles. The van der Waals surface area contributed by atoms with Gasteiger partial charge in [-0.15, -0.1) is 24.0 Å². The van der Waals surface area contributed by atoms with E-state index in [4.69, 9.17) is 0 Å². The third kappa shape index (κ3) is 7.54. The van der Waals surface area contributed by atoms with E-state index in [0.717, 1.165) is 0 Å². The van der Waals surface area contributed by atoms with Crippen LogP contribution in [-0.2, 0) is 14.6 Å². The van der Waals surface area contributed by atoms with Gasteiger partial charge in [-0.25, -0.2) is 8.42 Å². The molecular formula is C15H29IN4O3S.